The summed E-state index contributed by atoms with van der Waals surface area (Å²) in [6.07, 6.45) is 1.29. The van der Waals surface area contributed by atoms with Gasteiger partial charge in [-0.2, -0.15) is 0 Å². The first-order chi connectivity index (χ1) is 11.3. The fourth-order valence-corrected chi connectivity index (χ4v) is 2.03. The Kier molecular flexibility index (Phi) is 5.18. The van der Waals surface area contributed by atoms with Gasteiger partial charge in [-0.15, -0.1) is 0 Å². The molecule has 1 aromatic heterocycles. The molecule has 24 heavy (non-hydrogen) atoms. The van der Waals surface area contributed by atoms with Crippen LogP contribution in [-0.4, -0.2) is 27.0 Å². The Balaban J connectivity index is 2.32. The summed E-state index contributed by atoms with van der Waals surface area (Å²) in [7, 11) is 0. The van der Waals surface area contributed by atoms with Gasteiger partial charge in [-0.25, -0.2) is 9.97 Å². The molecule has 2 rings (SSSR count). The molecule has 0 saturated heterocycles. The Morgan fingerprint density at radius 1 is 1.17 bits per heavy atom. The monoisotopic (exact) mass is 331 g/mol. The summed E-state index contributed by atoms with van der Waals surface area (Å²) >= 11 is 0. The summed E-state index contributed by atoms with van der Waals surface area (Å²) < 4.78 is 5.38. The number of nitrogens with zero attached hydrogens (tertiary/aromatic N) is 3. The van der Waals surface area contributed by atoms with E-state index in [9.17, 15) is 10.1 Å². The van der Waals surface area contributed by atoms with Gasteiger partial charge in [-0.3, -0.25) is 10.1 Å². The standard InChI is InChI=1S/C16H21N5O3/c1-5-24-12-8-6-11(7-9-12)19-14-13(21(22)23)15(18-10-17-14)20-16(2,3)4/h6-10H,5H2,1-4H3,(H2,17,18,19,20). The molecule has 0 atom stereocenters. The maximum Gasteiger partial charge on any atom is 0.353 e. The summed E-state index contributed by atoms with van der Waals surface area (Å²) in [5.41, 5.74) is 0.110. The summed E-state index contributed by atoms with van der Waals surface area (Å²) in [6, 6.07) is 7.11. The maximum absolute atomic E-state index is 11.5. The predicted octanol–water partition coefficient (Wildman–Crippen LogP) is 3.74. The average molecular weight is 331 g/mol. The molecule has 8 heteroatoms. The van der Waals surface area contributed by atoms with Crippen LogP contribution in [-0.2, 0) is 0 Å². The number of benzene rings is 1. The molecule has 0 fully saturated rings. The lowest BCUT2D eigenvalue weighted by molar-refractivity contribution is -0.383. The first kappa shape index (κ1) is 17.5. The molecule has 1 heterocycles. The minimum Gasteiger partial charge on any atom is -0.494 e. The van der Waals surface area contributed by atoms with Crippen molar-refractivity contribution in [3.8, 4) is 5.75 Å². The minimum atomic E-state index is -0.495. The van der Waals surface area contributed by atoms with Crippen molar-refractivity contribution in [1.82, 2.24) is 9.97 Å². The second-order valence-corrected chi connectivity index (χ2v) is 6.13. The van der Waals surface area contributed by atoms with Crippen LogP contribution in [0.5, 0.6) is 5.75 Å². The third-order valence-electron chi connectivity index (χ3n) is 2.93. The smallest absolute Gasteiger partial charge is 0.353 e. The zero-order valence-corrected chi connectivity index (χ0v) is 14.2. The van der Waals surface area contributed by atoms with Crippen molar-refractivity contribution in [2.75, 3.05) is 17.2 Å². The van der Waals surface area contributed by atoms with E-state index in [4.69, 9.17) is 4.74 Å². The van der Waals surface area contributed by atoms with Crippen LogP contribution in [0.15, 0.2) is 30.6 Å². The van der Waals surface area contributed by atoms with Crippen molar-refractivity contribution in [2.24, 2.45) is 0 Å². The van der Waals surface area contributed by atoms with Crippen molar-refractivity contribution in [2.45, 2.75) is 33.2 Å². The third-order valence-corrected chi connectivity index (χ3v) is 2.93. The fourth-order valence-electron chi connectivity index (χ4n) is 2.03. The van der Waals surface area contributed by atoms with E-state index in [-0.39, 0.29) is 22.9 Å². The summed E-state index contributed by atoms with van der Waals surface area (Å²) in [6.45, 7) is 8.18. The highest BCUT2D eigenvalue weighted by molar-refractivity contribution is 5.74. The SMILES string of the molecule is CCOc1ccc(Nc2ncnc(NC(C)(C)C)c2[N+](=O)[O-])cc1. The Morgan fingerprint density at radius 3 is 2.33 bits per heavy atom. The van der Waals surface area contributed by atoms with E-state index in [1.165, 1.54) is 6.33 Å². The van der Waals surface area contributed by atoms with Crippen molar-refractivity contribution in [3.63, 3.8) is 0 Å². The largest absolute Gasteiger partial charge is 0.494 e. The molecule has 0 amide bonds. The lowest BCUT2D eigenvalue weighted by Gasteiger charge is -2.21. The molecule has 0 radical (unpaired) electrons. The van der Waals surface area contributed by atoms with Crippen LogP contribution in [0.3, 0.4) is 0 Å². The first-order valence-corrected chi connectivity index (χ1v) is 7.57. The number of nitrogens with one attached hydrogen (secondary N) is 2. The number of hydrogen-bond acceptors (Lipinski definition) is 7. The Morgan fingerprint density at radius 2 is 1.79 bits per heavy atom. The molecular weight excluding hydrogens is 310 g/mol. The van der Waals surface area contributed by atoms with Crippen LogP contribution in [0, 0.1) is 10.1 Å². The highest BCUT2D eigenvalue weighted by atomic mass is 16.6. The van der Waals surface area contributed by atoms with E-state index in [0.29, 0.717) is 12.3 Å². The van der Waals surface area contributed by atoms with Crippen LogP contribution in [0.2, 0.25) is 0 Å². The van der Waals surface area contributed by atoms with Gasteiger partial charge in [0.2, 0.25) is 11.6 Å². The number of hydrogen-bond donors (Lipinski definition) is 2. The van der Waals surface area contributed by atoms with Crippen LogP contribution in [0.1, 0.15) is 27.7 Å². The summed E-state index contributed by atoms with van der Waals surface area (Å²) in [4.78, 5) is 19.0. The number of aromatic nitrogens is 2. The van der Waals surface area contributed by atoms with Crippen LogP contribution < -0.4 is 15.4 Å². The van der Waals surface area contributed by atoms with Gasteiger partial charge in [0.15, 0.2) is 0 Å². The highest BCUT2D eigenvalue weighted by Gasteiger charge is 2.25. The lowest BCUT2D eigenvalue weighted by Crippen LogP contribution is -2.27. The second kappa shape index (κ2) is 7.12. The zero-order valence-electron chi connectivity index (χ0n) is 14.2. The topological polar surface area (TPSA) is 102 Å². The predicted molar refractivity (Wildman–Crippen MR) is 93.0 cm³/mol. The maximum atomic E-state index is 11.5. The van der Waals surface area contributed by atoms with E-state index >= 15 is 0 Å². The van der Waals surface area contributed by atoms with E-state index in [0.717, 1.165) is 5.75 Å². The van der Waals surface area contributed by atoms with Crippen molar-refractivity contribution < 1.29 is 9.66 Å². The van der Waals surface area contributed by atoms with Gasteiger partial charge in [-0.05, 0) is 52.0 Å². The van der Waals surface area contributed by atoms with Crippen LogP contribution >= 0.6 is 0 Å². The van der Waals surface area contributed by atoms with Crippen molar-refractivity contribution in [3.05, 3.63) is 40.7 Å². The number of nitro groups is 1. The average Bonchev–Trinajstić information content (AvgIpc) is 2.48. The molecule has 0 aliphatic heterocycles. The number of anilines is 3. The Labute approximate surface area is 140 Å². The summed E-state index contributed by atoms with van der Waals surface area (Å²) in [5.74, 6) is 1.04. The third kappa shape index (κ3) is 4.55. The van der Waals surface area contributed by atoms with Gasteiger partial charge in [0.1, 0.15) is 12.1 Å². The molecule has 1 aromatic carbocycles. The fraction of sp³-hybridized carbons (Fsp3) is 0.375. The minimum absolute atomic E-state index is 0.130. The van der Waals surface area contributed by atoms with Gasteiger partial charge in [0.25, 0.3) is 0 Å². The van der Waals surface area contributed by atoms with E-state index in [1.54, 1.807) is 24.3 Å². The number of rotatable bonds is 6. The van der Waals surface area contributed by atoms with Crippen molar-refractivity contribution >= 4 is 23.0 Å². The molecule has 0 saturated carbocycles. The molecule has 0 aliphatic carbocycles. The zero-order chi connectivity index (χ0) is 17.7. The van der Waals surface area contributed by atoms with E-state index < -0.39 is 4.92 Å². The highest BCUT2D eigenvalue weighted by Crippen LogP contribution is 2.32. The molecule has 128 valence electrons. The van der Waals surface area contributed by atoms with E-state index in [1.807, 2.05) is 27.7 Å². The molecule has 2 N–H and O–H groups in total. The molecule has 2 aromatic rings. The number of ether oxygens (including phenoxy) is 1. The normalized spacial score (nSPS) is 11.0. The summed E-state index contributed by atoms with van der Waals surface area (Å²) in [5, 5.41) is 17.5. The first-order valence-electron chi connectivity index (χ1n) is 7.57. The second-order valence-electron chi connectivity index (χ2n) is 6.13. The molecule has 0 bridgehead atoms. The lowest BCUT2D eigenvalue weighted by atomic mass is 10.1. The van der Waals surface area contributed by atoms with Gasteiger partial charge < -0.3 is 15.4 Å². The molecule has 0 aliphatic rings. The van der Waals surface area contributed by atoms with Crippen LogP contribution in [0.25, 0.3) is 0 Å². The Hall–Kier alpha value is -2.90. The molecule has 0 spiro atoms. The van der Waals surface area contributed by atoms with Crippen LogP contribution in [0.4, 0.5) is 23.0 Å². The van der Waals surface area contributed by atoms with Gasteiger partial charge in [0, 0.05) is 11.2 Å². The quantitative estimate of drug-likeness (QED) is 0.614. The van der Waals surface area contributed by atoms with Gasteiger partial charge in [0.05, 0.1) is 11.5 Å². The molecule has 0 unspecified atom stereocenters. The van der Waals surface area contributed by atoms with Gasteiger partial charge >= 0.3 is 5.69 Å². The Bertz CT molecular complexity index is 711. The molecular formula is C16H21N5O3. The van der Waals surface area contributed by atoms with Crippen molar-refractivity contribution in [1.29, 1.82) is 0 Å². The molecule has 8 nitrogen and oxygen atoms in total. The van der Waals surface area contributed by atoms with Gasteiger partial charge in [-0.1, -0.05) is 0 Å². The van der Waals surface area contributed by atoms with E-state index in [2.05, 4.69) is 20.6 Å².